The van der Waals surface area contributed by atoms with Crippen LogP contribution in [-0.2, 0) is 4.43 Å². The van der Waals surface area contributed by atoms with Gasteiger partial charge in [0.25, 0.3) is 0 Å². The molecule has 0 saturated carbocycles. The third-order valence-electron chi connectivity index (χ3n) is 1.83. The number of rotatable bonds is 6. The van der Waals surface area contributed by atoms with E-state index in [-0.39, 0.29) is 6.79 Å². The van der Waals surface area contributed by atoms with E-state index in [1.54, 1.807) is 35.7 Å². The van der Waals surface area contributed by atoms with Gasteiger partial charge in [0.1, 0.15) is 5.75 Å². The minimum absolute atomic E-state index is 0.221. The van der Waals surface area contributed by atoms with Crippen molar-refractivity contribution in [2.24, 2.45) is 0 Å². The Morgan fingerprint density at radius 2 is 1.80 bits per heavy atom. The van der Waals surface area contributed by atoms with E-state index in [4.69, 9.17) is 14.9 Å². The summed E-state index contributed by atoms with van der Waals surface area (Å²) < 4.78 is 10.8. The molecule has 1 rings (SSSR count). The second-order valence-corrected chi connectivity index (χ2v) is 5.14. The smallest absolute Gasteiger partial charge is 0.229 e. The van der Waals surface area contributed by atoms with Gasteiger partial charge in [-0.2, -0.15) is 0 Å². The van der Waals surface area contributed by atoms with Crippen LogP contribution < -0.4 is 10.5 Å². The van der Waals surface area contributed by atoms with Gasteiger partial charge in [0, 0.05) is 5.69 Å². The molecule has 0 aliphatic carbocycles. The average molecular weight is 221 g/mol. The third-order valence-corrected chi connectivity index (χ3v) is 3.28. The first-order valence-corrected chi connectivity index (χ1v) is 6.42. The molecule has 1 aromatic carbocycles. The first-order chi connectivity index (χ1) is 7.26. The van der Waals surface area contributed by atoms with Gasteiger partial charge in [-0.15, -0.1) is 13.2 Å². The zero-order valence-corrected chi connectivity index (χ0v) is 9.71. The zero-order chi connectivity index (χ0) is 11.1. The van der Waals surface area contributed by atoms with Crippen LogP contribution in [0.1, 0.15) is 0 Å². The molecule has 2 N–H and O–H groups in total. The fourth-order valence-corrected chi connectivity index (χ4v) is 1.67. The van der Waals surface area contributed by atoms with Crippen LogP contribution in [0.5, 0.6) is 5.75 Å². The van der Waals surface area contributed by atoms with E-state index < -0.39 is 9.04 Å². The van der Waals surface area contributed by atoms with E-state index in [1.807, 2.05) is 0 Å². The summed E-state index contributed by atoms with van der Waals surface area (Å²) in [7, 11) is -1.47. The number of nitrogen functional groups attached to an aromatic ring is 1. The van der Waals surface area contributed by atoms with Crippen molar-refractivity contribution in [2.45, 2.75) is 0 Å². The second kappa shape index (κ2) is 6.05. The van der Waals surface area contributed by atoms with Gasteiger partial charge in [0.15, 0.2) is 6.79 Å². The van der Waals surface area contributed by atoms with Crippen LogP contribution in [0.2, 0.25) is 0 Å². The Balaban J connectivity index is 2.34. The van der Waals surface area contributed by atoms with Gasteiger partial charge in [0.05, 0.1) is 0 Å². The molecule has 0 heterocycles. The summed E-state index contributed by atoms with van der Waals surface area (Å²) in [5.74, 6) is 0.741. The lowest BCUT2D eigenvalue weighted by Crippen LogP contribution is -2.16. The minimum atomic E-state index is -1.47. The van der Waals surface area contributed by atoms with Crippen LogP contribution in [0.4, 0.5) is 5.69 Å². The molecule has 0 fully saturated rings. The number of nitrogens with two attached hydrogens (primary N) is 1. The number of hydrogen-bond acceptors (Lipinski definition) is 3. The van der Waals surface area contributed by atoms with Gasteiger partial charge in [-0.3, -0.25) is 0 Å². The molecule has 0 unspecified atom stereocenters. The van der Waals surface area contributed by atoms with Crippen LogP contribution in [-0.4, -0.2) is 15.8 Å². The molecular formula is C11H15NO2Si. The van der Waals surface area contributed by atoms with Gasteiger partial charge in [-0.1, -0.05) is 11.4 Å². The molecule has 0 spiro atoms. The third kappa shape index (κ3) is 4.01. The summed E-state index contributed by atoms with van der Waals surface area (Å²) in [6.07, 6.45) is 0. The monoisotopic (exact) mass is 221 g/mol. The van der Waals surface area contributed by atoms with Crippen LogP contribution in [0, 0.1) is 0 Å². The maximum Gasteiger partial charge on any atom is 0.229 e. The summed E-state index contributed by atoms with van der Waals surface area (Å²) in [4.78, 5) is 0. The predicted octanol–water partition coefficient (Wildman–Crippen LogP) is 1.80. The van der Waals surface area contributed by atoms with Crippen LogP contribution >= 0.6 is 0 Å². The highest BCUT2D eigenvalue weighted by atomic mass is 28.3. The lowest BCUT2D eigenvalue weighted by Gasteiger charge is -2.09. The lowest BCUT2D eigenvalue weighted by atomic mass is 10.3. The maximum absolute atomic E-state index is 5.54. The van der Waals surface area contributed by atoms with Gasteiger partial charge in [-0.25, -0.2) is 0 Å². The molecule has 4 heteroatoms. The molecule has 0 radical (unpaired) electrons. The minimum Gasteiger partial charge on any atom is -0.469 e. The molecule has 0 aliphatic rings. The van der Waals surface area contributed by atoms with E-state index in [2.05, 4.69) is 13.2 Å². The number of anilines is 1. The molecule has 0 aromatic heterocycles. The van der Waals surface area contributed by atoms with Crippen LogP contribution in [0.15, 0.2) is 48.8 Å². The SMILES string of the molecule is C=C[SiH](C=C)OCOc1ccc(N)cc1. The molecule has 15 heavy (non-hydrogen) atoms. The Morgan fingerprint density at radius 3 is 2.33 bits per heavy atom. The molecule has 1 aromatic rings. The normalized spacial score (nSPS) is 9.93. The van der Waals surface area contributed by atoms with Crippen molar-refractivity contribution < 1.29 is 9.16 Å². The largest absolute Gasteiger partial charge is 0.469 e. The quantitative estimate of drug-likeness (QED) is 0.452. The Bertz CT molecular complexity index is 316. The number of benzene rings is 1. The van der Waals surface area contributed by atoms with Crippen molar-refractivity contribution in [3.63, 3.8) is 0 Å². The molecule has 0 bridgehead atoms. The fourth-order valence-electron chi connectivity index (χ4n) is 0.977. The van der Waals surface area contributed by atoms with Crippen molar-refractivity contribution in [2.75, 3.05) is 12.5 Å². The molecule has 3 nitrogen and oxygen atoms in total. The first kappa shape index (κ1) is 11.6. The van der Waals surface area contributed by atoms with E-state index in [0.717, 1.165) is 5.75 Å². The average Bonchev–Trinajstić information content (AvgIpc) is 2.27. The predicted molar refractivity (Wildman–Crippen MR) is 65.0 cm³/mol. The highest BCUT2D eigenvalue weighted by molar-refractivity contribution is 6.62. The van der Waals surface area contributed by atoms with Crippen LogP contribution in [0.25, 0.3) is 0 Å². The van der Waals surface area contributed by atoms with Crippen molar-refractivity contribution in [3.05, 3.63) is 48.8 Å². The number of ether oxygens (including phenoxy) is 1. The van der Waals surface area contributed by atoms with Gasteiger partial charge < -0.3 is 14.9 Å². The Morgan fingerprint density at radius 1 is 1.20 bits per heavy atom. The standard InChI is InChI=1S/C11H15NO2Si/c1-3-15(4-2)14-9-13-11-7-5-10(12)6-8-11/h3-8,15H,1-2,9,12H2. The van der Waals surface area contributed by atoms with Gasteiger partial charge in [0.2, 0.25) is 9.04 Å². The molecule has 0 saturated heterocycles. The highest BCUT2D eigenvalue weighted by Crippen LogP contribution is 2.12. The Kier molecular flexibility index (Phi) is 4.66. The van der Waals surface area contributed by atoms with Crippen molar-refractivity contribution >= 4 is 14.7 Å². The Hall–Kier alpha value is -1.52. The first-order valence-electron chi connectivity index (χ1n) is 4.61. The van der Waals surface area contributed by atoms with Crippen molar-refractivity contribution in [3.8, 4) is 5.75 Å². The summed E-state index contributed by atoms with van der Waals surface area (Å²) in [6, 6.07) is 7.17. The topological polar surface area (TPSA) is 44.5 Å². The van der Waals surface area contributed by atoms with Gasteiger partial charge in [-0.05, 0) is 24.3 Å². The lowest BCUT2D eigenvalue weighted by molar-refractivity contribution is 0.122. The van der Waals surface area contributed by atoms with E-state index in [0.29, 0.717) is 5.69 Å². The fraction of sp³-hybridized carbons (Fsp3) is 0.0909. The van der Waals surface area contributed by atoms with E-state index >= 15 is 0 Å². The molecule has 80 valence electrons. The summed E-state index contributed by atoms with van der Waals surface area (Å²) in [6.45, 7) is 7.55. The molecule has 0 atom stereocenters. The maximum atomic E-state index is 5.54. The summed E-state index contributed by atoms with van der Waals surface area (Å²) in [5.41, 5.74) is 9.84. The molecule has 0 aliphatic heterocycles. The highest BCUT2D eigenvalue weighted by Gasteiger charge is 2.00. The second-order valence-electron chi connectivity index (χ2n) is 2.93. The van der Waals surface area contributed by atoms with Crippen molar-refractivity contribution in [1.29, 1.82) is 0 Å². The van der Waals surface area contributed by atoms with Crippen LogP contribution in [0.3, 0.4) is 0 Å². The van der Waals surface area contributed by atoms with Crippen molar-refractivity contribution in [1.82, 2.24) is 0 Å². The zero-order valence-electron chi connectivity index (χ0n) is 8.56. The van der Waals surface area contributed by atoms with E-state index in [1.165, 1.54) is 0 Å². The molecular weight excluding hydrogens is 206 g/mol. The van der Waals surface area contributed by atoms with Gasteiger partial charge >= 0.3 is 0 Å². The van der Waals surface area contributed by atoms with E-state index in [9.17, 15) is 0 Å². The molecule has 0 amide bonds. The number of hydrogen-bond donors (Lipinski definition) is 1. The summed E-state index contributed by atoms with van der Waals surface area (Å²) >= 11 is 0. The summed E-state index contributed by atoms with van der Waals surface area (Å²) in [5, 5.41) is 0. The Labute approximate surface area is 91.5 Å².